The van der Waals surface area contributed by atoms with E-state index in [1.807, 2.05) is 6.92 Å². The van der Waals surface area contributed by atoms with Gasteiger partial charge in [0, 0.05) is 18.3 Å². The fraction of sp³-hybridized carbons (Fsp3) is 0.105. The number of carbonyl (C=O) groups excluding carboxylic acids is 3. The summed E-state index contributed by atoms with van der Waals surface area (Å²) in [5, 5.41) is 2.93. The van der Waals surface area contributed by atoms with Crippen molar-refractivity contribution in [3.8, 4) is 0 Å². The third-order valence-corrected chi connectivity index (χ3v) is 4.00. The Bertz CT molecular complexity index is 881. The van der Waals surface area contributed by atoms with Crippen LogP contribution in [0, 0.1) is 6.92 Å². The summed E-state index contributed by atoms with van der Waals surface area (Å²) in [6, 6.07) is 10.8. The highest BCUT2D eigenvalue weighted by molar-refractivity contribution is 6.33. The number of halogens is 1. The van der Waals surface area contributed by atoms with Crippen LogP contribution < -0.4 is 21.1 Å². The molecule has 2 aromatic rings. The predicted octanol–water partition coefficient (Wildman–Crippen LogP) is 3.26. The maximum atomic E-state index is 12.1. The molecule has 0 radical (unpaired) electrons. The lowest BCUT2D eigenvalue weighted by Crippen LogP contribution is -2.43. The average Bonchev–Trinajstić information content (AvgIpc) is 2.67. The smallest absolute Gasteiger partial charge is 0.312 e. The second-order valence-electron chi connectivity index (χ2n) is 5.66. The Labute approximate surface area is 162 Å². The molecule has 0 bridgehead atoms. The van der Waals surface area contributed by atoms with Crippen LogP contribution in [0.4, 0.5) is 16.2 Å². The standard InChI is InChI=1S/C19H19ClN4O3/c1-4-17(25)24(3)14-8-6-13(7-9-14)18(26)22-23-19(27)21-16-10-5-12(2)11-15(16)20/h4-11H,1H2,2-3H3,(H,22,26)(H2,21,23,27). The van der Waals surface area contributed by atoms with Gasteiger partial charge in [0.05, 0.1) is 10.7 Å². The lowest BCUT2D eigenvalue weighted by Gasteiger charge is -2.15. The van der Waals surface area contributed by atoms with Crippen LogP contribution in [0.3, 0.4) is 0 Å². The van der Waals surface area contributed by atoms with Crippen LogP contribution in [0.25, 0.3) is 0 Å². The SMILES string of the molecule is C=CC(=O)N(C)c1ccc(C(=O)NNC(=O)Nc2ccc(C)cc2Cl)cc1. The molecule has 0 atom stereocenters. The maximum absolute atomic E-state index is 12.1. The van der Waals surface area contributed by atoms with Crippen molar-refractivity contribution in [2.45, 2.75) is 6.92 Å². The number of nitrogens with zero attached hydrogens (tertiary/aromatic N) is 1. The molecule has 140 valence electrons. The van der Waals surface area contributed by atoms with Gasteiger partial charge in [0.25, 0.3) is 5.91 Å². The van der Waals surface area contributed by atoms with Crippen LogP contribution in [0.5, 0.6) is 0 Å². The van der Waals surface area contributed by atoms with Gasteiger partial charge in [0.1, 0.15) is 0 Å². The van der Waals surface area contributed by atoms with Gasteiger partial charge in [-0.3, -0.25) is 15.0 Å². The molecule has 0 saturated carbocycles. The van der Waals surface area contributed by atoms with E-state index in [9.17, 15) is 14.4 Å². The van der Waals surface area contributed by atoms with Gasteiger partial charge in [-0.05, 0) is 55.0 Å². The number of rotatable bonds is 4. The predicted molar refractivity (Wildman–Crippen MR) is 106 cm³/mol. The number of benzene rings is 2. The molecular weight excluding hydrogens is 368 g/mol. The van der Waals surface area contributed by atoms with Gasteiger partial charge in [-0.15, -0.1) is 0 Å². The van der Waals surface area contributed by atoms with Gasteiger partial charge in [0.15, 0.2) is 0 Å². The van der Waals surface area contributed by atoms with E-state index in [0.29, 0.717) is 22.0 Å². The summed E-state index contributed by atoms with van der Waals surface area (Å²) in [5.74, 6) is -0.773. The van der Waals surface area contributed by atoms with E-state index < -0.39 is 11.9 Å². The zero-order valence-corrected chi connectivity index (χ0v) is 15.6. The first-order valence-corrected chi connectivity index (χ1v) is 8.33. The van der Waals surface area contributed by atoms with E-state index in [-0.39, 0.29) is 5.91 Å². The Kier molecular flexibility index (Phi) is 6.56. The quantitative estimate of drug-likeness (QED) is 0.556. The van der Waals surface area contributed by atoms with Crippen molar-refractivity contribution in [3.63, 3.8) is 0 Å². The summed E-state index contributed by atoms with van der Waals surface area (Å²) < 4.78 is 0. The summed E-state index contributed by atoms with van der Waals surface area (Å²) in [6.45, 7) is 5.30. The zero-order valence-electron chi connectivity index (χ0n) is 14.9. The largest absolute Gasteiger partial charge is 0.337 e. The molecule has 0 saturated heterocycles. The highest BCUT2D eigenvalue weighted by Crippen LogP contribution is 2.22. The van der Waals surface area contributed by atoms with Crippen LogP contribution in [0.1, 0.15) is 15.9 Å². The number of hydrogen-bond acceptors (Lipinski definition) is 3. The van der Waals surface area contributed by atoms with Crippen molar-refractivity contribution in [1.82, 2.24) is 10.9 Å². The van der Waals surface area contributed by atoms with Crippen LogP contribution in [-0.2, 0) is 4.79 Å². The second-order valence-corrected chi connectivity index (χ2v) is 6.07. The van der Waals surface area contributed by atoms with Crippen LogP contribution in [-0.4, -0.2) is 24.9 Å². The second kappa shape index (κ2) is 8.86. The molecule has 27 heavy (non-hydrogen) atoms. The molecule has 2 aromatic carbocycles. The van der Waals surface area contributed by atoms with E-state index in [1.54, 1.807) is 37.4 Å². The summed E-state index contributed by atoms with van der Waals surface area (Å²) in [7, 11) is 1.60. The number of carbonyl (C=O) groups is 3. The molecule has 0 aliphatic heterocycles. The number of anilines is 2. The molecule has 4 amide bonds. The van der Waals surface area contributed by atoms with Gasteiger partial charge >= 0.3 is 6.03 Å². The minimum Gasteiger partial charge on any atom is -0.312 e. The molecule has 0 aromatic heterocycles. The Morgan fingerprint density at radius 3 is 2.33 bits per heavy atom. The molecule has 0 aliphatic rings. The van der Waals surface area contributed by atoms with Crippen molar-refractivity contribution in [1.29, 1.82) is 0 Å². The average molecular weight is 387 g/mol. The third-order valence-electron chi connectivity index (χ3n) is 3.68. The van der Waals surface area contributed by atoms with Crippen molar-refractivity contribution in [2.24, 2.45) is 0 Å². The molecule has 7 nitrogen and oxygen atoms in total. The van der Waals surface area contributed by atoms with Gasteiger partial charge in [-0.2, -0.15) is 0 Å². The molecular formula is C19H19ClN4O3. The Hall–Kier alpha value is -3.32. The number of hydrazine groups is 1. The fourth-order valence-electron chi connectivity index (χ4n) is 2.16. The topological polar surface area (TPSA) is 90.5 Å². The molecule has 2 rings (SSSR count). The highest BCUT2D eigenvalue weighted by atomic mass is 35.5. The monoisotopic (exact) mass is 386 g/mol. The third kappa shape index (κ3) is 5.32. The van der Waals surface area contributed by atoms with Crippen molar-refractivity contribution < 1.29 is 14.4 Å². The Balaban J connectivity index is 1.92. The van der Waals surface area contributed by atoms with Crippen LogP contribution in [0.2, 0.25) is 5.02 Å². The molecule has 0 unspecified atom stereocenters. The lowest BCUT2D eigenvalue weighted by molar-refractivity contribution is -0.113. The molecule has 3 N–H and O–H groups in total. The lowest BCUT2D eigenvalue weighted by atomic mass is 10.2. The zero-order chi connectivity index (χ0) is 20.0. The van der Waals surface area contributed by atoms with E-state index in [1.165, 1.54) is 23.1 Å². The molecule has 0 spiro atoms. The number of urea groups is 1. The van der Waals surface area contributed by atoms with Crippen LogP contribution >= 0.6 is 11.6 Å². The number of likely N-dealkylation sites (N-methyl/N-ethyl adjacent to an activating group) is 1. The van der Waals surface area contributed by atoms with Crippen molar-refractivity contribution in [2.75, 3.05) is 17.3 Å². The Morgan fingerprint density at radius 1 is 1.07 bits per heavy atom. The summed E-state index contributed by atoms with van der Waals surface area (Å²) >= 11 is 6.04. The van der Waals surface area contributed by atoms with E-state index >= 15 is 0 Å². The van der Waals surface area contributed by atoms with Crippen molar-refractivity contribution in [3.05, 3.63) is 71.3 Å². The number of amides is 4. The van der Waals surface area contributed by atoms with Gasteiger partial charge < -0.3 is 10.2 Å². The van der Waals surface area contributed by atoms with Gasteiger partial charge in [-0.1, -0.05) is 24.2 Å². The first kappa shape index (κ1) is 20.0. The number of aryl methyl sites for hydroxylation is 1. The molecule has 0 heterocycles. The van der Waals surface area contributed by atoms with E-state index in [2.05, 4.69) is 22.7 Å². The van der Waals surface area contributed by atoms with Gasteiger partial charge in [-0.25, -0.2) is 10.2 Å². The normalized spacial score (nSPS) is 9.89. The van der Waals surface area contributed by atoms with Crippen molar-refractivity contribution >= 4 is 40.8 Å². The number of hydrogen-bond donors (Lipinski definition) is 3. The van der Waals surface area contributed by atoms with E-state index in [0.717, 1.165) is 5.56 Å². The first-order valence-electron chi connectivity index (χ1n) is 7.95. The summed E-state index contributed by atoms with van der Waals surface area (Å²) in [6.07, 6.45) is 1.20. The highest BCUT2D eigenvalue weighted by Gasteiger charge is 2.11. The molecule has 0 fully saturated rings. The fourth-order valence-corrected chi connectivity index (χ4v) is 2.44. The maximum Gasteiger partial charge on any atom is 0.337 e. The number of nitrogens with one attached hydrogen (secondary N) is 3. The molecule has 8 heteroatoms. The summed E-state index contributed by atoms with van der Waals surface area (Å²) in [4.78, 5) is 37.0. The molecule has 0 aliphatic carbocycles. The minimum absolute atomic E-state index is 0.264. The first-order chi connectivity index (χ1) is 12.8. The minimum atomic E-state index is -0.637. The van der Waals surface area contributed by atoms with E-state index in [4.69, 9.17) is 11.6 Å². The van der Waals surface area contributed by atoms with Gasteiger partial charge in [0.2, 0.25) is 5.91 Å². The summed E-state index contributed by atoms with van der Waals surface area (Å²) in [5.41, 5.74) is 6.85. The van der Waals surface area contributed by atoms with Crippen LogP contribution in [0.15, 0.2) is 55.1 Å². The Morgan fingerprint density at radius 2 is 1.74 bits per heavy atom.